The third-order valence-electron chi connectivity index (χ3n) is 3.22. The van der Waals surface area contributed by atoms with Gasteiger partial charge in [0.1, 0.15) is 0 Å². The van der Waals surface area contributed by atoms with Crippen LogP contribution in [-0.2, 0) is 0 Å². The molecule has 0 aromatic heterocycles. The van der Waals surface area contributed by atoms with Gasteiger partial charge in [0.15, 0.2) is 11.5 Å². The molecule has 3 nitrogen and oxygen atoms in total. The van der Waals surface area contributed by atoms with E-state index in [1.165, 1.54) is 0 Å². The fraction of sp³-hybridized carbons (Fsp3) is 0.571. The number of hydrogen-bond donors (Lipinski definition) is 1. The summed E-state index contributed by atoms with van der Waals surface area (Å²) in [5.41, 5.74) is 0.417. The maximum absolute atomic E-state index is 5.81. The Morgan fingerprint density at radius 3 is 2.35 bits per heavy atom. The Bertz CT molecular complexity index is 361. The molecule has 1 aliphatic heterocycles. The Kier molecular flexibility index (Phi) is 3.89. The zero-order chi connectivity index (χ0) is 12.1. The first-order valence-corrected chi connectivity index (χ1v) is 6.29. The minimum Gasteiger partial charge on any atom is -0.490 e. The average Bonchev–Trinajstić information content (AvgIpc) is 2.29. The van der Waals surface area contributed by atoms with Crippen molar-refractivity contribution in [2.75, 3.05) is 26.3 Å². The van der Waals surface area contributed by atoms with Crippen LogP contribution in [0.25, 0.3) is 0 Å². The molecule has 94 valence electrons. The molecule has 1 aromatic rings. The molecule has 17 heavy (non-hydrogen) atoms. The second-order valence-corrected chi connectivity index (χ2v) is 4.89. The number of ether oxygens (including phenoxy) is 2. The van der Waals surface area contributed by atoms with Crippen molar-refractivity contribution in [3.63, 3.8) is 0 Å². The van der Waals surface area contributed by atoms with E-state index in [2.05, 4.69) is 12.2 Å². The highest BCUT2D eigenvalue weighted by Crippen LogP contribution is 2.29. The molecule has 0 atom stereocenters. The van der Waals surface area contributed by atoms with Gasteiger partial charge < -0.3 is 14.8 Å². The predicted octanol–water partition coefficient (Wildman–Crippen LogP) is 2.46. The summed E-state index contributed by atoms with van der Waals surface area (Å²) in [7, 11) is 0. The molecule has 1 aliphatic rings. The molecule has 0 unspecified atom stereocenters. The lowest BCUT2D eigenvalue weighted by Gasteiger charge is -2.39. The summed E-state index contributed by atoms with van der Waals surface area (Å²) in [5.74, 6) is 1.69. The minimum absolute atomic E-state index is 0.417. The van der Waals surface area contributed by atoms with Crippen LogP contribution in [0.3, 0.4) is 0 Å². The summed E-state index contributed by atoms with van der Waals surface area (Å²) < 4.78 is 11.3. The van der Waals surface area contributed by atoms with Crippen LogP contribution in [0.15, 0.2) is 24.3 Å². The van der Waals surface area contributed by atoms with Gasteiger partial charge in [-0.2, -0.15) is 0 Å². The smallest absolute Gasteiger partial charge is 0.161 e. The molecular weight excluding hydrogens is 214 g/mol. The van der Waals surface area contributed by atoms with Crippen LogP contribution in [0.4, 0.5) is 0 Å². The van der Waals surface area contributed by atoms with E-state index in [0.717, 1.165) is 37.6 Å². The monoisotopic (exact) mass is 235 g/mol. The number of benzene rings is 1. The van der Waals surface area contributed by atoms with Gasteiger partial charge in [0.25, 0.3) is 0 Å². The summed E-state index contributed by atoms with van der Waals surface area (Å²) in [6.45, 7) is 7.90. The first-order valence-electron chi connectivity index (χ1n) is 6.29. The average molecular weight is 235 g/mol. The third-order valence-corrected chi connectivity index (χ3v) is 3.22. The summed E-state index contributed by atoms with van der Waals surface area (Å²) >= 11 is 0. The fourth-order valence-electron chi connectivity index (χ4n) is 1.98. The predicted molar refractivity (Wildman–Crippen MR) is 68.7 cm³/mol. The van der Waals surface area contributed by atoms with Crippen LogP contribution >= 0.6 is 0 Å². The van der Waals surface area contributed by atoms with Gasteiger partial charge in [-0.05, 0) is 30.9 Å². The molecule has 2 rings (SSSR count). The van der Waals surface area contributed by atoms with Crippen LogP contribution in [0.5, 0.6) is 11.5 Å². The highest BCUT2D eigenvalue weighted by atomic mass is 16.5. The van der Waals surface area contributed by atoms with E-state index < -0.39 is 0 Å². The highest BCUT2D eigenvalue weighted by Gasteiger charge is 2.31. The molecule has 1 heterocycles. The van der Waals surface area contributed by atoms with Gasteiger partial charge >= 0.3 is 0 Å². The standard InChI is InChI=1S/C14H21NO2/c1-3-16-12-6-4-5-7-13(12)17-9-8-14(2)10-15-11-14/h4-7,15H,3,8-11H2,1-2H3. The zero-order valence-electron chi connectivity index (χ0n) is 10.7. The van der Waals surface area contributed by atoms with Gasteiger partial charge in [-0.3, -0.25) is 0 Å². The molecule has 0 spiro atoms. The van der Waals surface area contributed by atoms with Crippen LogP contribution in [0, 0.1) is 5.41 Å². The van der Waals surface area contributed by atoms with E-state index >= 15 is 0 Å². The van der Waals surface area contributed by atoms with Crippen molar-refractivity contribution in [2.45, 2.75) is 20.3 Å². The van der Waals surface area contributed by atoms with Gasteiger partial charge in [0.2, 0.25) is 0 Å². The Labute approximate surface area is 103 Å². The molecule has 1 aromatic carbocycles. The zero-order valence-corrected chi connectivity index (χ0v) is 10.7. The SMILES string of the molecule is CCOc1ccccc1OCCC1(C)CNC1. The quantitative estimate of drug-likeness (QED) is 0.821. The normalized spacial score (nSPS) is 17.3. The number of hydrogen-bond acceptors (Lipinski definition) is 3. The third kappa shape index (κ3) is 3.13. The van der Waals surface area contributed by atoms with Crippen molar-refractivity contribution in [3.05, 3.63) is 24.3 Å². The maximum atomic E-state index is 5.81. The van der Waals surface area contributed by atoms with E-state index in [4.69, 9.17) is 9.47 Å². The molecule has 0 aliphatic carbocycles. The molecule has 1 N–H and O–H groups in total. The summed E-state index contributed by atoms with van der Waals surface area (Å²) in [5, 5.41) is 3.30. The van der Waals surface area contributed by atoms with Gasteiger partial charge in [-0.1, -0.05) is 19.1 Å². The van der Waals surface area contributed by atoms with E-state index in [0.29, 0.717) is 12.0 Å². The molecule has 0 bridgehead atoms. The molecule has 0 saturated carbocycles. The maximum Gasteiger partial charge on any atom is 0.161 e. The lowest BCUT2D eigenvalue weighted by molar-refractivity contribution is 0.140. The van der Waals surface area contributed by atoms with Gasteiger partial charge in [0.05, 0.1) is 13.2 Å². The van der Waals surface area contributed by atoms with Gasteiger partial charge in [-0.15, -0.1) is 0 Å². The van der Waals surface area contributed by atoms with Crippen LogP contribution in [0.1, 0.15) is 20.3 Å². The van der Waals surface area contributed by atoms with Crippen molar-refractivity contribution in [3.8, 4) is 11.5 Å². The van der Waals surface area contributed by atoms with Gasteiger partial charge in [0, 0.05) is 13.1 Å². The van der Waals surface area contributed by atoms with E-state index in [1.807, 2.05) is 31.2 Å². The van der Waals surface area contributed by atoms with E-state index in [9.17, 15) is 0 Å². The van der Waals surface area contributed by atoms with E-state index in [-0.39, 0.29) is 0 Å². The minimum atomic E-state index is 0.417. The van der Waals surface area contributed by atoms with Gasteiger partial charge in [-0.25, -0.2) is 0 Å². The molecule has 3 heteroatoms. The Morgan fingerprint density at radius 2 is 1.82 bits per heavy atom. The number of para-hydroxylation sites is 2. The molecule has 0 amide bonds. The lowest BCUT2D eigenvalue weighted by Crippen LogP contribution is -2.51. The first kappa shape index (κ1) is 12.2. The Balaban J connectivity index is 1.85. The van der Waals surface area contributed by atoms with Crippen molar-refractivity contribution >= 4 is 0 Å². The molecule has 1 fully saturated rings. The summed E-state index contributed by atoms with van der Waals surface area (Å²) in [4.78, 5) is 0. The highest BCUT2D eigenvalue weighted by molar-refractivity contribution is 5.39. The summed E-state index contributed by atoms with van der Waals surface area (Å²) in [6, 6.07) is 7.86. The molecular formula is C14H21NO2. The largest absolute Gasteiger partial charge is 0.490 e. The van der Waals surface area contributed by atoms with Crippen molar-refractivity contribution in [1.29, 1.82) is 0 Å². The number of rotatable bonds is 6. The van der Waals surface area contributed by atoms with Crippen molar-refractivity contribution in [2.24, 2.45) is 5.41 Å². The second-order valence-electron chi connectivity index (χ2n) is 4.89. The topological polar surface area (TPSA) is 30.5 Å². The molecule has 1 saturated heterocycles. The second kappa shape index (κ2) is 5.41. The summed E-state index contributed by atoms with van der Waals surface area (Å²) in [6.07, 6.45) is 1.08. The van der Waals surface area contributed by atoms with Crippen molar-refractivity contribution in [1.82, 2.24) is 5.32 Å². The Morgan fingerprint density at radius 1 is 1.18 bits per heavy atom. The Hall–Kier alpha value is -1.22. The van der Waals surface area contributed by atoms with E-state index in [1.54, 1.807) is 0 Å². The van der Waals surface area contributed by atoms with Crippen LogP contribution in [-0.4, -0.2) is 26.3 Å². The fourth-order valence-corrected chi connectivity index (χ4v) is 1.98. The van der Waals surface area contributed by atoms with Crippen LogP contribution in [0.2, 0.25) is 0 Å². The lowest BCUT2D eigenvalue weighted by atomic mass is 9.81. The first-order chi connectivity index (χ1) is 8.23. The number of nitrogens with one attached hydrogen (secondary N) is 1. The molecule has 0 radical (unpaired) electrons. The van der Waals surface area contributed by atoms with Crippen molar-refractivity contribution < 1.29 is 9.47 Å². The van der Waals surface area contributed by atoms with Crippen LogP contribution < -0.4 is 14.8 Å².